The van der Waals surface area contributed by atoms with Gasteiger partial charge in [-0.25, -0.2) is 8.42 Å². The highest BCUT2D eigenvalue weighted by molar-refractivity contribution is 7.90. The van der Waals surface area contributed by atoms with Crippen molar-refractivity contribution in [2.24, 2.45) is 0 Å². The van der Waals surface area contributed by atoms with Crippen molar-refractivity contribution in [3.63, 3.8) is 0 Å². The Balaban J connectivity index is 2.36. The summed E-state index contributed by atoms with van der Waals surface area (Å²) in [5, 5.41) is 0. The number of aromatic nitrogens is 1. The molecule has 1 rings (SSSR count). The number of nitrogens with two attached hydrogens (primary N) is 1. The lowest BCUT2D eigenvalue weighted by molar-refractivity contribution is 0.597. The molecule has 0 saturated heterocycles. The predicted octanol–water partition coefficient (Wildman–Crippen LogP) is 1.03. The quantitative estimate of drug-likeness (QED) is 0.764. The van der Waals surface area contributed by atoms with Crippen molar-refractivity contribution in [2.45, 2.75) is 19.3 Å². The molecule has 1 aromatic rings. The van der Waals surface area contributed by atoms with Crippen LogP contribution in [0.1, 0.15) is 18.4 Å². The van der Waals surface area contributed by atoms with Crippen LogP contribution in [0.2, 0.25) is 0 Å². The zero-order valence-corrected chi connectivity index (χ0v) is 9.63. The van der Waals surface area contributed by atoms with Crippen molar-refractivity contribution in [1.29, 1.82) is 0 Å². The van der Waals surface area contributed by atoms with Gasteiger partial charge in [0.1, 0.15) is 9.84 Å². The molecule has 0 aliphatic heterocycles. The van der Waals surface area contributed by atoms with Crippen molar-refractivity contribution >= 4 is 15.5 Å². The maximum atomic E-state index is 10.9. The average Bonchev–Trinajstić information content (AvgIpc) is 2.13. The molecule has 0 aromatic carbocycles. The van der Waals surface area contributed by atoms with E-state index in [9.17, 15) is 8.42 Å². The zero-order chi connectivity index (χ0) is 11.3. The molecule has 0 fully saturated rings. The SMILES string of the molecule is CS(=O)(=O)CCCCc1cnccc1N. The van der Waals surface area contributed by atoms with Gasteiger partial charge in [-0.15, -0.1) is 0 Å². The lowest BCUT2D eigenvalue weighted by Crippen LogP contribution is -2.03. The molecule has 0 radical (unpaired) electrons. The summed E-state index contributed by atoms with van der Waals surface area (Å²) in [7, 11) is -2.84. The molecule has 0 saturated carbocycles. The van der Waals surface area contributed by atoms with Crippen LogP contribution < -0.4 is 5.73 Å². The molecule has 2 N–H and O–H groups in total. The first kappa shape index (κ1) is 12.0. The van der Waals surface area contributed by atoms with Crippen LogP contribution >= 0.6 is 0 Å². The van der Waals surface area contributed by atoms with E-state index in [1.54, 1.807) is 18.5 Å². The minimum Gasteiger partial charge on any atom is -0.398 e. The van der Waals surface area contributed by atoms with Crippen molar-refractivity contribution in [1.82, 2.24) is 4.98 Å². The second kappa shape index (κ2) is 5.11. The summed E-state index contributed by atoms with van der Waals surface area (Å²) in [5.74, 6) is 0.243. The highest BCUT2D eigenvalue weighted by Gasteiger charge is 2.03. The van der Waals surface area contributed by atoms with E-state index in [1.165, 1.54) is 6.26 Å². The largest absolute Gasteiger partial charge is 0.398 e. The van der Waals surface area contributed by atoms with E-state index < -0.39 is 9.84 Å². The molecule has 0 aliphatic carbocycles. The van der Waals surface area contributed by atoms with E-state index in [-0.39, 0.29) is 5.75 Å². The average molecular weight is 228 g/mol. The summed E-state index contributed by atoms with van der Waals surface area (Å²) >= 11 is 0. The molecule has 0 amide bonds. The van der Waals surface area contributed by atoms with Crippen molar-refractivity contribution in [3.05, 3.63) is 24.0 Å². The van der Waals surface area contributed by atoms with Crippen molar-refractivity contribution in [3.8, 4) is 0 Å². The highest BCUT2D eigenvalue weighted by atomic mass is 32.2. The molecular weight excluding hydrogens is 212 g/mol. The van der Waals surface area contributed by atoms with Crippen molar-refractivity contribution < 1.29 is 8.42 Å². The second-order valence-corrected chi connectivity index (χ2v) is 5.92. The Morgan fingerprint density at radius 2 is 2.13 bits per heavy atom. The molecule has 0 atom stereocenters. The maximum Gasteiger partial charge on any atom is 0.147 e. The Labute approximate surface area is 90.4 Å². The first-order chi connectivity index (χ1) is 6.99. The molecule has 1 aromatic heterocycles. The molecule has 0 bridgehead atoms. The summed E-state index contributed by atoms with van der Waals surface area (Å²) in [6, 6.07) is 1.76. The fourth-order valence-electron chi connectivity index (χ4n) is 1.33. The normalized spacial score (nSPS) is 11.5. The van der Waals surface area contributed by atoms with Crippen LogP contribution in [-0.4, -0.2) is 25.4 Å². The Morgan fingerprint density at radius 1 is 1.40 bits per heavy atom. The number of sulfone groups is 1. The van der Waals surface area contributed by atoms with E-state index in [4.69, 9.17) is 5.73 Å². The van der Waals surface area contributed by atoms with Crippen LogP contribution in [0.25, 0.3) is 0 Å². The van der Waals surface area contributed by atoms with E-state index in [1.807, 2.05) is 0 Å². The number of pyridine rings is 1. The van der Waals surface area contributed by atoms with Gasteiger partial charge in [-0.2, -0.15) is 0 Å². The summed E-state index contributed by atoms with van der Waals surface area (Å²) in [5.41, 5.74) is 7.45. The molecule has 15 heavy (non-hydrogen) atoms. The number of aryl methyl sites for hydroxylation is 1. The molecule has 0 aliphatic rings. The van der Waals surface area contributed by atoms with Gasteiger partial charge in [-0.05, 0) is 30.9 Å². The molecule has 4 nitrogen and oxygen atoms in total. The Hall–Kier alpha value is -1.10. The summed E-state index contributed by atoms with van der Waals surface area (Å²) in [4.78, 5) is 3.97. The van der Waals surface area contributed by atoms with E-state index in [2.05, 4.69) is 4.98 Å². The Bertz CT molecular complexity index is 415. The van der Waals surface area contributed by atoms with Crippen LogP contribution in [0.5, 0.6) is 0 Å². The van der Waals surface area contributed by atoms with E-state index in [0.717, 1.165) is 24.1 Å². The Kier molecular flexibility index (Phi) is 4.08. The monoisotopic (exact) mass is 228 g/mol. The number of nitrogens with zero attached hydrogens (tertiary/aromatic N) is 1. The van der Waals surface area contributed by atoms with Gasteiger partial charge in [0.05, 0.1) is 0 Å². The van der Waals surface area contributed by atoms with Crippen LogP contribution in [0.15, 0.2) is 18.5 Å². The zero-order valence-electron chi connectivity index (χ0n) is 8.81. The van der Waals surface area contributed by atoms with Gasteiger partial charge in [0, 0.05) is 30.1 Å². The van der Waals surface area contributed by atoms with Gasteiger partial charge in [-0.1, -0.05) is 0 Å². The molecule has 5 heteroatoms. The van der Waals surface area contributed by atoms with Crippen LogP contribution in [0, 0.1) is 0 Å². The first-order valence-corrected chi connectivity index (χ1v) is 6.91. The molecule has 0 unspecified atom stereocenters. The van der Waals surface area contributed by atoms with Gasteiger partial charge in [-0.3, -0.25) is 4.98 Å². The summed E-state index contributed by atoms with van der Waals surface area (Å²) in [6.45, 7) is 0. The maximum absolute atomic E-state index is 10.9. The molecule has 0 spiro atoms. The molecule has 1 heterocycles. The minimum atomic E-state index is -2.84. The number of hydrogen-bond donors (Lipinski definition) is 1. The highest BCUT2D eigenvalue weighted by Crippen LogP contribution is 2.12. The van der Waals surface area contributed by atoms with E-state index in [0.29, 0.717) is 6.42 Å². The molecular formula is C10H16N2O2S. The third kappa shape index (κ3) is 4.78. The fourth-order valence-corrected chi connectivity index (χ4v) is 2.06. The Morgan fingerprint density at radius 3 is 2.73 bits per heavy atom. The fraction of sp³-hybridized carbons (Fsp3) is 0.500. The number of hydrogen-bond acceptors (Lipinski definition) is 4. The van der Waals surface area contributed by atoms with Gasteiger partial charge >= 0.3 is 0 Å². The van der Waals surface area contributed by atoms with Gasteiger partial charge in [0.15, 0.2) is 0 Å². The van der Waals surface area contributed by atoms with Crippen LogP contribution in [0.3, 0.4) is 0 Å². The van der Waals surface area contributed by atoms with Crippen LogP contribution in [0.4, 0.5) is 5.69 Å². The third-order valence-electron chi connectivity index (χ3n) is 2.15. The summed E-state index contributed by atoms with van der Waals surface area (Å²) < 4.78 is 21.7. The number of rotatable bonds is 5. The number of anilines is 1. The predicted molar refractivity (Wildman–Crippen MR) is 61.3 cm³/mol. The van der Waals surface area contributed by atoms with Gasteiger partial charge in [0.2, 0.25) is 0 Å². The van der Waals surface area contributed by atoms with Gasteiger partial charge < -0.3 is 5.73 Å². The smallest absolute Gasteiger partial charge is 0.147 e. The lowest BCUT2D eigenvalue weighted by atomic mass is 10.1. The topological polar surface area (TPSA) is 73.0 Å². The van der Waals surface area contributed by atoms with Crippen molar-refractivity contribution in [2.75, 3.05) is 17.7 Å². The minimum absolute atomic E-state index is 0.243. The van der Waals surface area contributed by atoms with Crippen LogP contribution in [-0.2, 0) is 16.3 Å². The summed E-state index contributed by atoms with van der Waals surface area (Å²) in [6.07, 6.45) is 6.92. The second-order valence-electron chi connectivity index (χ2n) is 3.66. The molecule has 84 valence electrons. The lowest BCUT2D eigenvalue weighted by Gasteiger charge is -2.03. The van der Waals surface area contributed by atoms with Gasteiger partial charge in [0.25, 0.3) is 0 Å². The van der Waals surface area contributed by atoms with E-state index >= 15 is 0 Å². The third-order valence-corrected chi connectivity index (χ3v) is 3.18. The number of unbranched alkanes of at least 4 members (excludes halogenated alkanes) is 1. The standard InChI is InChI=1S/C10H16N2O2S/c1-15(13,14)7-3-2-4-9-8-12-6-5-10(9)11/h5-6,8H,2-4,7H2,1H3,(H2,11,12). The first-order valence-electron chi connectivity index (χ1n) is 4.85. The number of nitrogen functional groups attached to an aromatic ring is 1.